The molecular weight excluding hydrogens is 188 g/mol. The molecule has 1 aliphatic rings. The lowest BCUT2D eigenvalue weighted by atomic mass is 10.0. The third kappa shape index (κ3) is 1.73. The summed E-state index contributed by atoms with van der Waals surface area (Å²) in [6.07, 6.45) is 2.07. The molecule has 1 aromatic rings. The van der Waals surface area contributed by atoms with Gasteiger partial charge in [0.1, 0.15) is 0 Å². The standard InChI is InChI=1S/C12H14N2O/c1-9(13-15)11-7-10-5-3-4-6-12(10)14(2)8-11/h3-7,15H,8H2,1-2H3/b13-9+. The maximum Gasteiger partial charge on any atom is 0.0814 e. The molecule has 1 aromatic carbocycles. The monoisotopic (exact) mass is 202 g/mol. The molecule has 0 spiro atoms. The predicted molar refractivity (Wildman–Crippen MR) is 62.6 cm³/mol. The Morgan fingerprint density at radius 1 is 1.40 bits per heavy atom. The number of hydrogen-bond donors (Lipinski definition) is 1. The Bertz CT molecular complexity index is 435. The summed E-state index contributed by atoms with van der Waals surface area (Å²) in [5.74, 6) is 0. The predicted octanol–water partition coefficient (Wildman–Crippen LogP) is 2.37. The highest BCUT2D eigenvalue weighted by molar-refractivity contribution is 6.04. The van der Waals surface area contributed by atoms with Gasteiger partial charge in [0.25, 0.3) is 0 Å². The minimum Gasteiger partial charge on any atom is -0.411 e. The Kier molecular flexibility index (Phi) is 2.46. The third-order valence-corrected chi connectivity index (χ3v) is 2.70. The first-order valence-electron chi connectivity index (χ1n) is 4.92. The van der Waals surface area contributed by atoms with Gasteiger partial charge in [0, 0.05) is 19.3 Å². The van der Waals surface area contributed by atoms with E-state index in [9.17, 15) is 0 Å². The van der Waals surface area contributed by atoms with Gasteiger partial charge in [0.2, 0.25) is 0 Å². The number of likely N-dealkylation sites (N-methyl/N-ethyl adjacent to an activating group) is 1. The molecule has 3 nitrogen and oxygen atoms in total. The van der Waals surface area contributed by atoms with Crippen LogP contribution < -0.4 is 4.90 Å². The van der Waals surface area contributed by atoms with Crippen LogP contribution in [-0.2, 0) is 0 Å². The maximum atomic E-state index is 8.75. The van der Waals surface area contributed by atoms with Crippen molar-refractivity contribution in [1.82, 2.24) is 0 Å². The van der Waals surface area contributed by atoms with Crippen LogP contribution in [-0.4, -0.2) is 24.5 Å². The first-order chi connectivity index (χ1) is 7.22. The zero-order valence-corrected chi connectivity index (χ0v) is 8.94. The van der Waals surface area contributed by atoms with E-state index in [1.165, 1.54) is 11.3 Å². The Labute approximate surface area is 89.3 Å². The summed E-state index contributed by atoms with van der Waals surface area (Å²) in [5.41, 5.74) is 4.12. The third-order valence-electron chi connectivity index (χ3n) is 2.70. The molecule has 0 unspecified atom stereocenters. The lowest BCUT2D eigenvalue weighted by molar-refractivity contribution is 0.319. The van der Waals surface area contributed by atoms with E-state index in [-0.39, 0.29) is 0 Å². The molecule has 0 saturated heterocycles. The van der Waals surface area contributed by atoms with Gasteiger partial charge in [0.05, 0.1) is 5.71 Å². The van der Waals surface area contributed by atoms with Gasteiger partial charge in [0.15, 0.2) is 0 Å². The van der Waals surface area contributed by atoms with Gasteiger partial charge in [-0.15, -0.1) is 0 Å². The summed E-state index contributed by atoms with van der Waals surface area (Å²) in [7, 11) is 2.04. The quantitative estimate of drug-likeness (QED) is 0.431. The van der Waals surface area contributed by atoms with Crippen molar-refractivity contribution in [2.75, 3.05) is 18.5 Å². The Morgan fingerprint density at radius 2 is 2.13 bits per heavy atom. The molecule has 0 bridgehead atoms. The van der Waals surface area contributed by atoms with E-state index in [0.717, 1.165) is 12.1 Å². The molecule has 0 aromatic heterocycles. The molecule has 0 fully saturated rings. The van der Waals surface area contributed by atoms with E-state index in [0.29, 0.717) is 5.71 Å². The number of rotatable bonds is 1. The molecule has 1 heterocycles. The lowest BCUT2D eigenvalue weighted by Gasteiger charge is -2.27. The zero-order chi connectivity index (χ0) is 10.8. The van der Waals surface area contributed by atoms with Crippen LogP contribution in [0.5, 0.6) is 0 Å². The zero-order valence-electron chi connectivity index (χ0n) is 8.94. The van der Waals surface area contributed by atoms with Gasteiger partial charge in [-0.3, -0.25) is 0 Å². The van der Waals surface area contributed by atoms with Gasteiger partial charge in [-0.05, 0) is 30.2 Å². The molecule has 0 amide bonds. The average Bonchev–Trinajstić information content (AvgIpc) is 2.28. The summed E-state index contributed by atoms with van der Waals surface area (Å²) in [5, 5.41) is 12.0. The Hall–Kier alpha value is -1.77. The molecule has 1 N–H and O–H groups in total. The highest BCUT2D eigenvalue weighted by Gasteiger charge is 2.15. The summed E-state index contributed by atoms with van der Waals surface area (Å²) >= 11 is 0. The van der Waals surface area contributed by atoms with E-state index < -0.39 is 0 Å². The van der Waals surface area contributed by atoms with Crippen LogP contribution in [0.1, 0.15) is 12.5 Å². The largest absolute Gasteiger partial charge is 0.411 e. The van der Waals surface area contributed by atoms with Crippen molar-refractivity contribution in [2.45, 2.75) is 6.92 Å². The van der Waals surface area contributed by atoms with Crippen molar-refractivity contribution < 1.29 is 5.21 Å². The number of fused-ring (bicyclic) bond motifs is 1. The van der Waals surface area contributed by atoms with E-state index in [2.05, 4.69) is 28.3 Å². The summed E-state index contributed by atoms with van der Waals surface area (Å²) < 4.78 is 0. The molecule has 15 heavy (non-hydrogen) atoms. The number of nitrogens with zero attached hydrogens (tertiary/aromatic N) is 2. The molecule has 2 rings (SSSR count). The fourth-order valence-corrected chi connectivity index (χ4v) is 1.81. The van der Waals surface area contributed by atoms with Crippen molar-refractivity contribution >= 4 is 17.5 Å². The van der Waals surface area contributed by atoms with E-state index >= 15 is 0 Å². The Balaban J connectivity index is 2.47. The fraction of sp³-hybridized carbons (Fsp3) is 0.250. The molecule has 0 radical (unpaired) electrons. The van der Waals surface area contributed by atoms with Crippen LogP contribution in [0, 0.1) is 0 Å². The topological polar surface area (TPSA) is 35.8 Å². The van der Waals surface area contributed by atoms with Crippen LogP contribution in [0.25, 0.3) is 6.08 Å². The smallest absolute Gasteiger partial charge is 0.0814 e. The number of hydrogen-bond acceptors (Lipinski definition) is 3. The van der Waals surface area contributed by atoms with Crippen LogP contribution in [0.3, 0.4) is 0 Å². The van der Waals surface area contributed by atoms with Crippen LogP contribution in [0.2, 0.25) is 0 Å². The molecule has 0 atom stereocenters. The van der Waals surface area contributed by atoms with E-state index in [4.69, 9.17) is 5.21 Å². The van der Waals surface area contributed by atoms with E-state index in [1.54, 1.807) is 0 Å². The van der Waals surface area contributed by atoms with Crippen molar-refractivity contribution in [1.29, 1.82) is 0 Å². The fourth-order valence-electron chi connectivity index (χ4n) is 1.81. The number of anilines is 1. The number of oxime groups is 1. The molecule has 78 valence electrons. The van der Waals surface area contributed by atoms with Gasteiger partial charge in [-0.25, -0.2) is 0 Å². The minimum absolute atomic E-state index is 0.677. The molecule has 1 aliphatic heterocycles. The van der Waals surface area contributed by atoms with Gasteiger partial charge in [-0.2, -0.15) is 0 Å². The second kappa shape index (κ2) is 3.77. The van der Waals surface area contributed by atoms with Gasteiger partial charge < -0.3 is 10.1 Å². The molecular formula is C12H14N2O. The second-order valence-corrected chi connectivity index (χ2v) is 3.77. The van der Waals surface area contributed by atoms with Crippen LogP contribution >= 0.6 is 0 Å². The highest BCUT2D eigenvalue weighted by atomic mass is 16.4. The van der Waals surface area contributed by atoms with Gasteiger partial charge in [-0.1, -0.05) is 23.4 Å². The summed E-state index contributed by atoms with van der Waals surface area (Å²) in [4.78, 5) is 2.15. The van der Waals surface area contributed by atoms with Crippen molar-refractivity contribution in [2.24, 2.45) is 5.16 Å². The number of para-hydroxylation sites is 1. The first kappa shape index (κ1) is 9.77. The van der Waals surface area contributed by atoms with Gasteiger partial charge >= 0.3 is 0 Å². The van der Waals surface area contributed by atoms with Crippen molar-refractivity contribution in [3.63, 3.8) is 0 Å². The normalized spacial score (nSPS) is 16.0. The molecule has 3 heteroatoms. The number of benzene rings is 1. The van der Waals surface area contributed by atoms with Crippen LogP contribution in [0.15, 0.2) is 35.0 Å². The van der Waals surface area contributed by atoms with Crippen molar-refractivity contribution in [3.8, 4) is 0 Å². The highest BCUT2D eigenvalue weighted by Crippen LogP contribution is 2.27. The van der Waals surface area contributed by atoms with E-state index in [1.807, 2.05) is 26.1 Å². The second-order valence-electron chi connectivity index (χ2n) is 3.77. The molecule has 0 aliphatic carbocycles. The maximum absolute atomic E-state index is 8.75. The molecule has 0 saturated carbocycles. The average molecular weight is 202 g/mol. The summed E-state index contributed by atoms with van der Waals surface area (Å²) in [6.45, 7) is 2.60. The summed E-state index contributed by atoms with van der Waals surface area (Å²) in [6, 6.07) is 8.20. The van der Waals surface area contributed by atoms with Crippen molar-refractivity contribution in [3.05, 3.63) is 35.4 Å². The SMILES string of the molecule is C/C(=N\O)C1=Cc2ccccc2N(C)C1. The minimum atomic E-state index is 0.677. The first-order valence-corrected chi connectivity index (χ1v) is 4.92. The Morgan fingerprint density at radius 3 is 2.87 bits per heavy atom. The van der Waals surface area contributed by atoms with Crippen LogP contribution in [0.4, 0.5) is 5.69 Å². The lowest BCUT2D eigenvalue weighted by Crippen LogP contribution is -2.26.